The summed E-state index contributed by atoms with van der Waals surface area (Å²) in [5, 5.41) is 8.22. The van der Waals surface area contributed by atoms with Gasteiger partial charge < -0.3 is 16.8 Å². The van der Waals surface area contributed by atoms with E-state index in [9.17, 15) is 4.21 Å². The van der Waals surface area contributed by atoms with Crippen molar-refractivity contribution in [1.82, 2.24) is 5.32 Å². The van der Waals surface area contributed by atoms with Crippen LogP contribution in [0.15, 0.2) is 35.2 Å². The van der Waals surface area contributed by atoms with Crippen molar-refractivity contribution in [2.24, 2.45) is 10.9 Å². The first-order chi connectivity index (χ1) is 13.5. The van der Waals surface area contributed by atoms with Crippen LogP contribution >= 0.6 is 0 Å². The molecule has 1 amide bonds. The third-order valence-electron chi connectivity index (χ3n) is 5.06. The van der Waals surface area contributed by atoms with E-state index in [2.05, 4.69) is 17.1 Å². The van der Waals surface area contributed by atoms with Crippen molar-refractivity contribution < 1.29 is 9.00 Å². The lowest BCUT2D eigenvalue weighted by Crippen LogP contribution is -2.06. The molecule has 4 rings (SSSR count). The zero-order valence-corrected chi connectivity index (χ0v) is 17.2. The number of carbonyl (C=O) groups excluding carboxylic acids is 1. The zero-order chi connectivity index (χ0) is 20.5. The molecule has 1 atom stereocenters. The molecule has 2 aliphatic carbocycles. The van der Waals surface area contributed by atoms with Crippen LogP contribution < -0.4 is 21.9 Å². The van der Waals surface area contributed by atoms with Crippen LogP contribution in [-0.4, -0.2) is 17.7 Å². The van der Waals surface area contributed by atoms with Crippen LogP contribution in [0.1, 0.15) is 40.7 Å². The minimum atomic E-state index is -1.36. The number of nitrogens with two attached hydrogens (primary N) is 3. The lowest BCUT2D eigenvalue weighted by Gasteiger charge is -2.10. The molecule has 6 nitrogen and oxygen atoms in total. The van der Waals surface area contributed by atoms with Gasteiger partial charge in [-0.3, -0.25) is 4.79 Å². The number of hydrogen-bond donors (Lipinski definition) is 4. The Hall–Kier alpha value is -2.22. The summed E-state index contributed by atoms with van der Waals surface area (Å²) in [4.78, 5) is 9.25. The Bertz CT molecular complexity index is 790. The molecule has 1 unspecified atom stereocenters. The van der Waals surface area contributed by atoms with E-state index in [0.29, 0.717) is 4.90 Å². The van der Waals surface area contributed by atoms with Crippen molar-refractivity contribution in [3.8, 4) is 0 Å². The topological polar surface area (TPSA) is 124 Å². The number of carbonyl (C=O) groups is 1. The van der Waals surface area contributed by atoms with Gasteiger partial charge in [0.2, 0.25) is 6.41 Å². The van der Waals surface area contributed by atoms with E-state index in [1.54, 1.807) is 12.1 Å². The number of anilines is 1. The Morgan fingerprint density at radius 2 is 1.54 bits per heavy atom. The average molecular weight is 403 g/mol. The maximum absolute atomic E-state index is 10.8. The van der Waals surface area contributed by atoms with E-state index in [-0.39, 0.29) is 6.41 Å². The molecule has 0 bridgehead atoms. The molecule has 0 radical (unpaired) electrons. The molecule has 152 valence electrons. The summed E-state index contributed by atoms with van der Waals surface area (Å²) in [5.41, 5.74) is 18.7. The van der Waals surface area contributed by atoms with Crippen molar-refractivity contribution in [2.45, 2.75) is 50.0 Å². The van der Waals surface area contributed by atoms with Crippen molar-refractivity contribution in [1.29, 1.82) is 0 Å². The Morgan fingerprint density at radius 1 is 1.04 bits per heavy atom. The van der Waals surface area contributed by atoms with Crippen LogP contribution in [0.2, 0.25) is 0 Å². The van der Waals surface area contributed by atoms with E-state index in [4.69, 9.17) is 15.7 Å². The van der Waals surface area contributed by atoms with Crippen LogP contribution in [0.5, 0.6) is 0 Å². The fourth-order valence-electron chi connectivity index (χ4n) is 3.81. The fourth-order valence-corrected chi connectivity index (χ4v) is 4.21. The summed E-state index contributed by atoms with van der Waals surface area (Å²) < 4.78 is 10.8. The predicted octanol–water partition coefficient (Wildman–Crippen LogP) is 1.74. The van der Waals surface area contributed by atoms with Gasteiger partial charge in [0.1, 0.15) is 11.0 Å². The Morgan fingerprint density at radius 3 is 1.96 bits per heavy atom. The molecular weight excluding hydrogens is 372 g/mol. The summed E-state index contributed by atoms with van der Waals surface area (Å²) in [7, 11) is 0.522. The molecular formula is C21H30N4O2S. The second-order valence-electron chi connectivity index (χ2n) is 6.88. The van der Waals surface area contributed by atoms with E-state index in [1.165, 1.54) is 60.8 Å². The minimum Gasteiger partial charge on any atom is -0.398 e. The molecule has 2 aromatic rings. The van der Waals surface area contributed by atoms with Crippen LogP contribution in [-0.2, 0) is 48.0 Å². The smallest absolute Gasteiger partial charge is 0.204 e. The predicted molar refractivity (Wildman–Crippen MR) is 115 cm³/mol. The van der Waals surface area contributed by atoms with Gasteiger partial charge in [0, 0.05) is 12.2 Å². The summed E-state index contributed by atoms with van der Waals surface area (Å²) in [5.74, 6) is 0. The number of hydrogen-bond acceptors (Lipinski definition) is 4. The van der Waals surface area contributed by atoms with Crippen LogP contribution in [0, 0.1) is 0 Å². The first-order valence-electron chi connectivity index (χ1n) is 9.48. The summed E-state index contributed by atoms with van der Waals surface area (Å²) >= 11 is 0. The normalized spacial score (nSPS) is 14.6. The van der Waals surface area contributed by atoms with Gasteiger partial charge in [-0.25, -0.2) is 9.35 Å². The molecule has 0 spiro atoms. The molecule has 0 aliphatic heterocycles. The molecule has 0 fully saturated rings. The van der Waals surface area contributed by atoms with Crippen molar-refractivity contribution >= 4 is 23.1 Å². The maximum Gasteiger partial charge on any atom is 0.204 e. The van der Waals surface area contributed by atoms with Crippen molar-refractivity contribution in [3.05, 3.63) is 58.1 Å². The van der Waals surface area contributed by atoms with Gasteiger partial charge in [-0.05, 0) is 85.5 Å². The average Bonchev–Trinajstić information content (AvgIpc) is 3.33. The standard InChI is InChI=1S/C12H15N.C8H12N2OS.CH3NO/c13-12-10-5-1-3-8(10)7-9-4-2-6-11(9)12;1-10-6-7-2-4-8(5-3-7)12(9)11;2-1-3/h7H,1-6,13H2;2-5,10H,6,9H2,1H3;1H,(H2,2,3). The molecule has 2 aliphatic rings. The van der Waals surface area contributed by atoms with Gasteiger partial charge in [-0.2, -0.15) is 0 Å². The second-order valence-corrected chi connectivity index (χ2v) is 7.95. The lowest BCUT2D eigenvalue weighted by molar-refractivity contribution is -0.106. The van der Waals surface area contributed by atoms with E-state index in [1.807, 2.05) is 19.2 Å². The SMILES string of the molecule is CNCc1ccc(S(N)=O)cc1.NC=O.Nc1c2c(cc3c1CCC3)CCC2. The van der Waals surface area contributed by atoms with Crippen molar-refractivity contribution in [2.75, 3.05) is 12.8 Å². The maximum atomic E-state index is 10.8. The first-order valence-corrected chi connectivity index (χ1v) is 10.7. The number of fused-ring (bicyclic) bond motifs is 2. The summed E-state index contributed by atoms with van der Waals surface area (Å²) in [6.07, 6.45) is 7.81. The van der Waals surface area contributed by atoms with Crippen LogP contribution in [0.3, 0.4) is 0 Å². The van der Waals surface area contributed by atoms with Crippen LogP contribution in [0.25, 0.3) is 0 Å². The molecule has 7 heteroatoms. The number of amides is 1. The fraction of sp³-hybridized carbons (Fsp3) is 0.381. The summed E-state index contributed by atoms with van der Waals surface area (Å²) in [6.45, 7) is 0.817. The van der Waals surface area contributed by atoms with E-state index < -0.39 is 11.0 Å². The van der Waals surface area contributed by atoms with Gasteiger partial charge in [0.05, 0.1) is 4.90 Å². The molecule has 0 heterocycles. The number of benzene rings is 2. The highest BCUT2D eigenvalue weighted by molar-refractivity contribution is 7.82. The van der Waals surface area contributed by atoms with E-state index >= 15 is 0 Å². The number of nitrogens with one attached hydrogen (secondary N) is 1. The highest BCUT2D eigenvalue weighted by Crippen LogP contribution is 2.36. The first kappa shape index (κ1) is 22.1. The Labute approximate surface area is 169 Å². The highest BCUT2D eigenvalue weighted by atomic mass is 32.2. The minimum absolute atomic E-state index is 0.250. The molecule has 28 heavy (non-hydrogen) atoms. The third-order valence-corrected chi connectivity index (χ3v) is 5.79. The molecule has 0 saturated heterocycles. The Balaban J connectivity index is 0.000000177. The zero-order valence-electron chi connectivity index (χ0n) is 16.4. The third kappa shape index (κ3) is 5.64. The van der Waals surface area contributed by atoms with Crippen molar-refractivity contribution in [3.63, 3.8) is 0 Å². The quantitative estimate of drug-likeness (QED) is 0.461. The summed E-state index contributed by atoms with van der Waals surface area (Å²) in [6, 6.07) is 9.81. The highest BCUT2D eigenvalue weighted by Gasteiger charge is 2.21. The largest absolute Gasteiger partial charge is 0.398 e. The van der Waals surface area contributed by atoms with Gasteiger partial charge in [-0.15, -0.1) is 0 Å². The molecule has 0 aromatic heterocycles. The van der Waals surface area contributed by atoms with Gasteiger partial charge in [-0.1, -0.05) is 18.2 Å². The number of aryl methyl sites for hydroxylation is 2. The second kappa shape index (κ2) is 10.9. The molecule has 2 aromatic carbocycles. The van der Waals surface area contributed by atoms with Gasteiger partial charge in [0.25, 0.3) is 0 Å². The number of nitrogen functional groups attached to an aromatic ring is 1. The van der Waals surface area contributed by atoms with E-state index in [0.717, 1.165) is 17.8 Å². The van der Waals surface area contributed by atoms with Gasteiger partial charge in [0.15, 0.2) is 0 Å². The lowest BCUT2D eigenvalue weighted by atomic mass is 9.99. The number of primary amides is 1. The molecule has 0 saturated carbocycles. The molecule has 7 N–H and O–H groups in total. The van der Waals surface area contributed by atoms with Crippen LogP contribution in [0.4, 0.5) is 5.69 Å². The number of rotatable bonds is 3. The monoisotopic (exact) mass is 402 g/mol. The van der Waals surface area contributed by atoms with Gasteiger partial charge >= 0.3 is 0 Å². The Kier molecular flexibility index (Phi) is 8.63.